The normalized spacial score (nSPS) is 18.9. The highest BCUT2D eigenvalue weighted by atomic mass is 35.5. The molecule has 2 aliphatic heterocycles. The summed E-state index contributed by atoms with van der Waals surface area (Å²) in [4.78, 5) is 46.0. The van der Waals surface area contributed by atoms with Crippen LogP contribution in [-0.4, -0.2) is 68.4 Å². The molecule has 2 aliphatic rings. The number of ether oxygens (including phenoxy) is 3. The largest absolute Gasteiger partial charge is 0.480 e. The summed E-state index contributed by atoms with van der Waals surface area (Å²) in [7, 11) is 1.29. The van der Waals surface area contributed by atoms with E-state index in [1.807, 2.05) is 0 Å². The van der Waals surface area contributed by atoms with Crippen LogP contribution in [0.5, 0.6) is 0 Å². The molecule has 0 bridgehead atoms. The highest BCUT2D eigenvalue weighted by molar-refractivity contribution is 6.31. The Labute approximate surface area is 220 Å². The molecule has 1 unspecified atom stereocenters. The molecule has 0 saturated carbocycles. The van der Waals surface area contributed by atoms with Crippen molar-refractivity contribution in [3.05, 3.63) is 57.4 Å². The average molecular weight is 538 g/mol. The molecule has 2 heterocycles. The minimum absolute atomic E-state index is 0.109. The molecule has 37 heavy (non-hydrogen) atoms. The van der Waals surface area contributed by atoms with E-state index in [-0.39, 0.29) is 24.7 Å². The number of esters is 2. The summed E-state index contributed by atoms with van der Waals surface area (Å²) in [5.74, 6) is -2.97. The number of aliphatic carboxylic acids is 1. The number of carboxylic acid groups (broad SMARTS) is 1. The van der Waals surface area contributed by atoms with Crippen LogP contribution in [0.2, 0.25) is 5.02 Å². The van der Waals surface area contributed by atoms with Crippen LogP contribution in [0.25, 0.3) is 0 Å². The van der Waals surface area contributed by atoms with E-state index in [1.165, 1.54) is 7.11 Å². The van der Waals surface area contributed by atoms with Crippen molar-refractivity contribution in [3.63, 3.8) is 0 Å². The van der Waals surface area contributed by atoms with E-state index in [0.29, 0.717) is 53.5 Å². The van der Waals surface area contributed by atoms with Crippen LogP contribution in [0, 0.1) is 0 Å². The summed E-state index contributed by atoms with van der Waals surface area (Å²) in [5, 5.41) is 14.2. The molecular weight excluding hydrogens is 506 g/mol. The van der Waals surface area contributed by atoms with E-state index in [1.54, 1.807) is 38.1 Å². The van der Waals surface area contributed by atoms with Crippen LogP contribution < -0.4 is 16.4 Å². The first kappa shape index (κ1) is 29.8. The third-order valence-electron chi connectivity index (χ3n) is 5.56. The lowest BCUT2D eigenvalue weighted by Crippen LogP contribution is -2.35. The maximum absolute atomic E-state index is 12.9. The Morgan fingerprint density at radius 1 is 1.19 bits per heavy atom. The fourth-order valence-electron chi connectivity index (χ4n) is 3.92. The third kappa shape index (κ3) is 7.78. The highest BCUT2D eigenvalue weighted by Crippen LogP contribution is 2.41. The van der Waals surface area contributed by atoms with Crippen LogP contribution in [0.15, 0.2) is 46.8 Å². The van der Waals surface area contributed by atoms with E-state index < -0.39 is 29.9 Å². The van der Waals surface area contributed by atoms with E-state index in [9.17, 15) is 19.2 Å². The van der Waals surface area contributed by atoms with Gasteiger partial charge in [-0.05, 0) is 31.9 Å². The summed E-state index contributed by atoms with van der Waals surface area (Å²) in [6.07, 6.45) is 0.769. The van der Waals surface area contributed by atoms with Crippen LogP contribution >= 0.6 is 11.6 Å². The second kappa shape index (κ2) is 14.4. The van der Waals surface area contributed by atoms with Gasteiger partial charge in [-0.3, -0.25) is 4.79 Å². The molecule has 1 fully saturated rings. The van der Waals surface area contributed by atoms with Crippen LogP contribution in [0.1, 0.15) is 38.2 Å². The number of nitrogens with one attached hydrogen (secondary N) is 2. The van der Waals surface area contributed by atoms with E-state index in [2.05, 4.69) is 10.6 Å². The summed E-state index contributed by atoms with van der Waals surface area (Å²) in [5.41, 5.74) is 7.70. The number of carbonyl (C=O) groups is 4. The summed E-state index contributed by atoms with van der Waals surface area (Å²) in [6.45, 7) is 4.42. The van der Waals surface area contributed by atoms with Gasteiger partial charge in [-0.25, -0.2) is 14.4 Å². The number of methoxy groups -OCH3 is 1. The summed E-state index contributed by atoms with van der Waals surface area (Å²) in [6, 6.07) is 6.40. The molecule has 0 spiro atoms. The van der Waals surface area contributed by atoms with Gasteiger partial charge >= 0.3 is 17.9 Å². The Morgan fingerprint density at radius 2 is 1.89 bits per heavy atom. The molecule has 1 aromatic carbocycles. The minimum Gasteiger partial charge on any atom is -0.480 e. The van der Waals surface area contributed by atoms with E-state index >= 15 is 0 Å². The molecule has 11 nitrogen and oxygen atoms in total. The lowest BCUT2D eigenvalue weighted by Gasteiger charge is -2.31. The number of benzene rings is 1. The number of rotatable bonds is 9. The van der Waals surface area contributed by atoms with Crippen molar-refractivity contribution in [2.75, 3.05) is 33.5 Å². The molecule has 5 N–H and O–H groups in total. The Hall–Kier alpha value is -3.41. The lowest BCUT2D eigenvalue weighted by molar-refractivity contribution is -0.140. The molecule has 1 saturated heterocycles. The molecule has 2 atom stereocenters. The number of hydrogen-bond acceptors (Lipinski definition) is 9. The van der Waals surface area contributed by atoms with Crippen molar-refractivity contribution in [3.8, 4) is 0 Å². The van der Waals surface area contributed by atoms with Crippen molar-refractivity contribution in [2.24, 2.45) is 5.73 Å². The van der Waals surface area contributed by atoms with Gasteiger partial charge in [-0.15, -0.1) is 0 Å². The van der Waals surface area contributed by atoms with Crippen LogP contribution in [0.3, 0.4) is 0 Å². The van der Waals surface area contributed by atoms with Gasteiger partial charge in [-0.1, -0.05) is 29.8 Å². The number of carboxylic acids is 1. The number of halogens is 1. The third-order valence-corrected chi connectivity index (χ3v) is 5.91. The van der Waals surface area contributed by atoms with Gasteiger partial charge in [0.2, 0.25) is 5.91 Å². The van der Waals surface area contributed by atoms with Gasteiger partial charge in [0, 0.05) is 23.7 Å². The predicted octanol–water partition coefficient (Wildman–Crippen LogP) is 1.62. The monoisotopic (exact) mass is 537 g/mol. The molecule has 12 heteroatoms. The summed E-state index contributed by atoms with van der Waals surface area (Å²) >= 11 is 6.42. The summed E-state index contributed by atoms with van der Waals surface area (Å²) < 4.78 is 15.8. The number of dihydropyridines is 1. The Balaban J connectivity index is 0.000000449. The van der Waals surface area contributed by atoms with Gasteiger partial charge in [0.25, 0.3) is 0 Å². The van der Waals surface area contributed by atoms with Crippen molar-refractivity contribution in [2.45, 2.75) is 38.6 Å². The van der Waals surface area contributed by atoms with Gasteiger partial charge in [-0.2, -0.15) is 0 Å². The zero-order valence-corrected chi connectivity index (χ0v) is 21.7. The van der Waals surface area contributed by atoms with Gasteiger partial charge < -0.3 is 35.7 Å². The zero-order valence-electron chi connectivity index (χ0n) is 21.0. The van der Waals surface area contributed by atoms with Crippen LogP contribution in [0.4, 0.5) is 0 Å². The second-order valence-corrected chi connectivity index (χ2v) is 8.47. The molecule has 0 aliphatic carbocycles. The fraction of sp³-hybridized carbons (Fsp3) is 0.440. The van der Waals surface area contributed by atoms with Crippen molar-refractivity contribution in [1.82, 2.24) is 10.6 Å². The molecule has 1 amide bonds. The Kier molecular flexibility index (Phi) is 11.6. The maximum atomic E-state index is 12.9. The first-order valence-corrected chi connectivity index (χ1v) is 12.0. The van der Waals surface area contributed by atoms with Crippen molar-refractivity contribution < 1.29 is 38.5 Å². The smallest absolute Gasteiger partial charge is 0.336 e. The average Bonchev–Trinajstić information content (AvgIpc) is 3.31. The van der Waals surface area contributed by atoms with Gasteiger partial charge in [0.15, 0.2) is 0 Å². The van der Waals surface area contributed by atoms with Crippen molar-refractivity contribution in [1.29, 1.82) is 0 Å². The Morgan fingerprint density at radius 3 is 2.41 bits per heavy atom. The SMILES string of the molecule is CCOC(=O)C1=C(COCCN)NC(C)=C(C(=O)OC)C1c1ccccc1Cl.O=C1CC[C@@H](C(=O)O)N1. The second-order valence-electron chi connectivity index (χ2n) is 8.06. The fourth-order valence-corrected chi connectivity index (χ4v) is 4.16. The molecule has 1 aromatic rings. The number of hydrogen-bond donors (Lipinski definition) is 4. The first-order valence-electron chi connectivity index (χ1n) is 11.7. The molecule has 0 radical (unpaired) electrons. The number of allylic oxidation sites excluding steroid dienone is 1. The lowest BCUT2D eigenvalue weighted by atomic mass is 9.80. The zero-order chi connectivity index (χ0) is 27.5. The topological polar surface area (TPSA) is 166 Å². The van der Waals surface area contributed by atoms with Gasteiger partial charge in [0.1, 0.15) is 6.04 Å². The standard InChI is InChI=1S/C20H25ClN2O5.C5H7NO3/c1-4-28-20(25)18-15(11-27-10-9-22)23-12(2)16(19(24)26-3)17(18)13-7-5-6-8-14(13)21;7-4-2-1-3(6-4)5(8)9/h5-8,17,23H,4,9-11,22H2,1-3H3;3H,1-2H2,(H,6,7)(H,8,9)/t;3-/m.0/s1. The maximum Gasteiger partial charge on any atom is 0.336 e. The van der Waals surface area contributed by atoms with E-state index in [0.717, 1.165) is 0 Å². The number of amides is 1. The number of nitrogens with two attached hydrogens (primary N) is 1. The minimum atomic E-state index is -0.944. The molecule has 0 aromatic heterocycles. The molecule has 3 rings (SSSR count). The molecule has 202 valence electrons. The highest BCUT2D eigenvalue weighted by Gasteiger charge is 2.39. The predicted molar refractivity (Wildman–Crippen MR) is 134 cm³/mol. The first-order chi connectivity index (χ1) is 17.7. The number of carbonyl (C=O) groups excluding carboxylic acids is 3. The van der Waals surface area contributed by atoms with E-state index in [4.69, 9.17) is 36.7 Å². The molecular formula is C25H32ClN3O8. The van der Waals surface area contributed by atoms with Crippen LogP contribution in [-0.2, 0) is 33.4 Å². The Bertz CT molecular complexity index is 1090. The quantitative estimate of drug-likeness (QED) is 0.268. The van der Waals surface area contributed by atoms with Gasteiger partial charge in [0.05, 0.1) is 49.7 Å². The van der Waals surface area contributed by atoms with Crippen molar-refractivity contribution >= 4 is 35.4 Å².